The molecule has 7 aliphatic rings. The first-order valence-electron chi connectivity index (χ1n) is 12.5. The lowest BCUT2D eigenvalue weighted by Crippen LogP contribution is -2.58. The van der Waals surface area contributed by atoms with Crippen LogP contribution in [0.3, 0.4) is 0 Å². The van der Waals surface area contributed by atoms with E-state index in [0.29, 0.717) is 17.8 Å². The van der Waals surface area contributed by atoms with Gasteiger partial charge in [-0.05, 0) is 68.6 Å². The van der Waals surface area contributed by atoms with Gasteiger partial charge in [0, 0.05) is 5.92 Å². The van der Waals surface area contributed by atoms with Gasteiger partial charge in [-0.1, -0.05) is 12.7 Å². The highest BCUT2D eigenvalue weighted by atomic mass is 19.1. The minimum Gasteiger partial charge on any atom is -0.445 e. The standard InChI is InChI=1S/C25H30FNO8/c1-2-3-32-23(31)27-11-33-22(30)25(27)17(26)7-16-18(19(16)25)20(28)34-12-35-21(29)24-8-13-4-14(9-24)6-15(5-13)10-24/h2,13-19H,1,3-12H2/t13?,14?,15?,16-,17-,18-,19-,24?,25-/m0/s1. The lowest BCUT2D eigenvalue weighted by Gasteiger charge is -2.55. The Kier molecular flexibility index (Phi) is 5.16. The Hall–Kier alpha value is -2.65. The largest absolute Gasteiger partial charge is 0.445 e. The molecule has 35 heavy (non-hydrogen) atoms. The fourth-order valence-electron chi connectivity index (χ4n) is 8.45. The number of amides is 1. The molecule has 0 aromatic heterocycles. The summed E-state index contributed by atoms with van der Waals surface area (Å²) in [5.74, 6) is -2.10. The van der Waals surface area contributed by atoms with Gasteiger partial charge in [-0.3, -0.25) is 14.5 Å². The van der Waals surface area contributed by atoms with E-state index in [2.05, 4.69) is 6.58 Å². The first kappa shape index (κ1) is 22.8. The first-order chi connectivity index (χ1) is 16.8. The van der Waals surface area contributed by atoms with Gasteiger partial charge in [0.25, 0.3) is 0 Å². The molecule has 5 atom stereocenters. The van der Waals surface area contributed by atoms with E-state index in [0.717, 1.165) is 24.2 Å². The van der Waals surface area contributed by atoms with Gasteiger partial charge < -0.3 is 18.9 Å². The van der Waals surface area contributed by atoms with E-state index in [9.17, 15) is 19.2 Å². The van der Waals surface area contributed by atoms with Crippen LogP contribution in [-0.2, 0) is 33.3 Å². The lowest BCUT2D eigenvalue weighted by atomic mass is 9.49. The molecular formula is C25H30FNO8. The average Bonchev–Trinajstić information content (AvgIpc) is 3.29. The predicted octanol–water partition coefficient (Wildman–Crippen LogP) is 2.73. The van der Waals surface area contributed by atoms with Crippen LogP contribution in [0.4, 0.5) is 9.18 Å². The van der Waals surface area contributed by atoms with Crippen molar-refractivity contribution < 1.29 is 42.5 Å². The van der Waals surface area contributed by atoms with Crippen LogP contribution in [0.15, 0.2) is 12.7 Å². The Balaban J connectivity index is 1.08. The maximum absolute atomic E-state index is 15.1. The zero-order valence-electron chi connectivity index (χ0n) is 19.5. The molecule has 4 bridgehead atoms. The molecule has 190 valence electrons. The molecule has 0 aromatic carbocycles. The van der Waals surface area contributed by atoms with E-state index in [1.807, 2.05) is 0 Å². The van der Waals surface area contributed by atoms with Crippen LogP contribution in [0, 0.1) is 40.9 Å². The number of halogens is 1. The topological polar surface area (TPSA) is 108 Å². The number of fused-ring (bicyclic) bond motifs is 2. The molecule has 0 unspecified atom stereocenters. The Labute approximate surface area is 202 Å². The van der Waals surface area contributed by atoms with Crippen molar-refractivity contribution in [1.29, 1.82) is 0 Å². The highest BCUT2D eigenvalue weighted by Crippen LogP contribution is 2.67. The van der Waals surface area contributed by atoms with Gasteiger partial charge in [-0.15, -0.1) is 0 Å². The molecule has 10 heteroatoms. The number of carbonyl (C=O) groups excluding carboxylic acids is 4. The fourth-order valence-corrected chi connectivity index (χ4v) is 8.45. The van der Waals surface area contributed by atoms with Gasteiger partial charge in [0.2, 0.25) is 6.79 Å². The molecule has 1 amide bonds. The van der Waals surface area contributed by atoms with Gasteiger partial charge in [0.1, 0.15) is 12.8 Å². The molecule has 9 nitrogen and oxygen atoms in total. The van der Waals surface area contributed by atoms with Gasteiger partial charge in [-0.2, -0.15) is 0 Å². The van der Waals surface area contributed by atoms with E-state index in [1.54, 1.807) is 0 Å². The number of hydrogen-bond acceptors (Lipinski definition) is 8. The number of cyclic esters (lactones) is 1. The highest BCUT2D eigenvalue weighted by Gasteiger charge is 2.81. The minimum absolute atomic E-state index is 0.0716. The molecular weight excluding hydrogens is 461 g/mol. The van der Waals surface area contributed by atoms with Crippen molar-refractivity contribution >= 4 is 24.0 Å². The normalized spacial score (nSPS) is 44.1. The second kappa shape index (κ2) is 7.93. The molecule has 1 heterocycles. The predicted molar refractivity (Wildman–Crippen MR) is 115 cm³/mol. The molecule has 0 radical (unpaired) electrons. The van der Waals surface area contributed by atoms with Crippen molar-refractivity contribution in [2.24, 2.45) is 40.9 Å². The van der Waals surface area contributed by atoms with Crippen molar-refractivity contribution in [3.63, 3.8) is 0 Å². The Morgan fingerprint density at radius 1 is 1.06 bits per heavy atom. The highest BCUT2D eigenvalue weighted by molar-refractivity contribution is 5.93. The number of esters is 3. The Morgan fingerprint density at radius 2 is 1.71 bits per heavy atom. The van der Waals surface area contributed by atoms with Crippen LogP contribution in [0.5, 0.6) is 0 Å². The lowest BCUT2D eigenvalue weighted by molar-refractivity contribution is -0.187. The van der Waals surface area contributed by atoms with Crippen molar-refractivity contribution in [1.82, 2.24) is 4.90 Å². The quantitative estimate of drug-likeness (QED) is 0.242. The Bertz CT molecular complexity index is 947. The van der Waals surface area contributed by atoms with E-state index in [-0.39, 0.29) is 19.0 Å². The van der Waals surface area contributed by atoms with Gasteiger partial charge in [0.05, 0.1) is 11.3 Å². The second-order valence-corrected chi connectivity index (χ2v) is 11.3. The fraction of sp³-hybridized carbons (Fsp3) is 0.760. The number of hydrogen-bond donors (Lipinski definition) is 0. The number of carbonyl (C=O) groups is 4. The summed E-state index contributed by atoms with van der Waals surface area (Å²) < 4.78 is 35.8. The molecule has 7 rings (SSSR count). The smallest absolute Gasteiger partial charge is 0.413 e. The molecule has 6 saturated carbocycles. The maximum Gasteiger partial charge on any atom is 0.413 e. The molecule has 1 aliphatic heterocycles. The first-order valence-corrected chi connectivity index (χ1v) is 12.5. The van der Waals surface area contributed by atoms with Crippen molar-refractivity contribution in [2.45, 2.75) is 56.7 Å². The summed E-state index contributed by atoms with van der Waals surface area (Å²) >= 11 is 0. The SMILES string of the molecule is C=CCOC(=O)N1COC(=O)[C@]12[C@H]1[C@@H](C[C@@H]2F)[C@@H]1C(=O)OCOC(=O)C12CC3CC(CC(C3)C1)C2. The molecule has 0 aromatic rings. The van der Waals surface area contributed by atoms with Crippen LogP contribution in [0.25, 0.3) is 0 Å². The van der Waals surface area contributed by atoms with E-state index >= 15 is 4.39 Å². The number of ether oxygens (including phenoxy) is 4. The van der Waals surface area contributed by atoms with E-state index < -0.39 is 66.4 Å². The maximum atomic E-state index is 15.1. The van der Waals surface area contributed by atoms with Gasteiger partial charge in [0.15, 0.2) is 12.3 Å². The zero-order chi connectivity index (χ0) is 24.5. The summed E-state index contributed by atoms with van der Waals surface area (Å²) in [7, 11) is 0. The minimum atomic E-state index is -1.90. The average molecular weight is 492 g/mol. The third-order valence-corrected chi connectivity index (χ3v) is 9.41. The monoisotopic (exact) mass is 491 g/mol. The van der Waals surface area contributed by atoms with Crippen LogP contribution >= 0.6 is 0 Å². The third kappa shape index (κ3) is 3.24. The van der Waals surface area contributed by atoms with Crippen LogP contribution in [-0.4, -0.2) is 60.7 Å². The summed E-state index contributed by atoms with van der Waals surface area (Å²) in [6.07, 6.45) is 4.84. The molecule has 0 N–H and O–H groups in total. The van der Waals surface area contributed by atoms with Crippen LogP contribution < -0.4 is 0 Å². The van der Waals surface area contributed by atoms with Gasteiger partial charge >= 0.3 is 24.0 Å². The summed E-state index contributed by atoms with van der Waals surface area (Å²) in [6.45, 7) is 2.41. The van der Waals surface area contributed by atoms with E-state index in [1.165, 1.54) is 25.3 Å². The Morgan fingerprint density at radius 3 is 2.34 bits per heavy atom. The van der Waals surface area contributed by atoms with Crippen LogP contribution in [0.2, 0.25) is 0 Å². The number of nitrogens with zero attached hydrogens (tertiary/aromatic N) is 1. The van der Waals surface area contributed by atoms with Crippen molar-refractivity contribution in [3.8, 4) is 0 Å². The number of rotatable bonds is 6. The number of alkyl halides is 1. The summed E-state index contributed by atoms with van der Waals surface area (Å²) in [5.41, 5.74) is -2.36. The van der Waals surface area contributed by atoms with Crippen LogP contribution in [0.1, 0.15) is 44.9 Å². The molecule has 1 spiro atoms. The molecule has 6 aliphatic carbocycles. The summed E-state index contributed by atoms with van der Waals surface area (Å²) in [6, 6.07) is 0. The second-order valence-electron chi connectivity index (χ2n) is 11.3. The van der Waals surface area contributed by atoms with Crippen molar-refractivity contribution in [3.05, 3.63) is 12.7 Å². The van der Waals surface area contributed by atoms with Gasteiger partial charge in [-0.25, -0.2) is 14.0 Å². The molecule has 7 fully saturated rings. The van der Waals surface area contributed by atoms with Crippen molar-refractivity contribution in [2.75, 3.05) is 20.1 Å². The zero-order valence-corrected chi connectivity index (χ0v) is 19.5. The third-order valence-electron chi connectivity index (χ3n) is 9.41. The van der Waals surface area contributed by atoms with E-state index in [4.69, 9.17) is 18.9 Å². The summed E-state index contributed by atoms with van der Waals surface area (Å²) in [5, 5.41) is 0. The molecule has 1 saturated heterocycles. The summed E-state index contributed by atoms with van der Waals surface area (Å²) in [4.78, 5) is 51.9.